The van der Waals surface area contributed by atoms with Crippen LogP contribution in [0.3, 0.4) is 0 Å². The summed E-state index contributed by atoms with van der Waals surface area (Å²) in [6.07, 6.45) is 3.47. The highest BCUT2D eigenvalue weighted by atomic mass is 16.1. The third-order valence-corrected chi connectivity index (χ3v) is 3.98. The van der Waals surface area contributed by atoms with Gasteiger partial charge in [-0.2, -0.15) is 0 Å². The first-order chi connectivity index (χ1) is 12.3. The average molecular weight is 328 g/mol. The zero-order chi connectivity index (χ0) is 17.1. The van der Waals surface area contributed by atoms with E-state index in [1.54, 1.807) is 12.4 Å². The Hall–Kier alpha value is -3.47. The molecule has 4 rings (SSSR count). The molecule has 0 atom stereocenters. The van der Waals surface area contributed by atoms with Crippen LogP contribution in [0.5, 0.6) is 0 Å². The molecule has 2 aromatic carbocycles. The van der Waals surface area contributed by atoms with Crippen molar-refractivity contribution in [3.63, 3.8) is 0 Å². The second-order valence-electron chi connectivity index (χ2n) is 5.66. The number of amides is 1. The monoisotopic (exact) mass is 328 g/mol. The number of aromatic nitrogens is 2. The minimum atomic E-state index is -0.133. The number of benzene rings is 2. The number of para-hydroxylation sites is 2. The SMILES string of the molecule is O=C(CNc1cccc2cccnc12)Nc1cccc2cccnc12. The topological polar surface area (TPSA) is 66.9 Å². The third kappa shape index (κ3) is 3.12. The number of hydrogen-bond donors (Lipinski definition) is 2. The molecule has 0 aliphatic heterocycles. The maximum Gasteiger partial charge on any atom is 0.243 e. The number of pyridine rings is 2. The molecule has 0 bridgehead atoms. The van der Waals surface area contributed by atoms with Gasteiger partial charge in [0.05, 0.1) is 29.0 Å². The molecule has 0 saturated heterocycles. The normalized spacial score (nSPS) is 10.7. The summed E-state index contributed by atoms with van der Waals surface area (Å²) in [5.41, 5.74) is 3.18. The number of rotatable bonds is 4. The van der Waals surface area contributed by atoms with Crippen LogP contribution in [0.4, 0.5) is 11.4 Å². The smallest absolute Gasteiger partial charge is 0.243 e. The van der Waals surface area contributed by atoms with E-state index in [0.717, 1.165) is 27.5 Å². The van der Waals surface area contributed by atoms with E-state index < -0.39 is 0 Å². The van der Waals surface area contributed by atoms with E-state index in [1.807, 2.05) is 60.7 Å². The molecule has 0 unspecified atom stereocenters. The summed E-state index contributed by atoms with van der Waals surface area (Å²) >= 11 is 0. The summed E-state index contributed by atoms with van der Waals surface area (Å²) < 4.78 is 0. The van der Waals surface area contributed by atoms with Crippen LogP contribution in [0.25, 0.3) is 21.8 Å². The fourth-order valence-electron chi connectivity index (χ4n) is 2.82. The molecule has 2 heterocycles. The van der Waals surface area contributed by atoms with Crippen molar-refractivity contribution in [2.24, 2.45) is 0 Å². The molecule has 0 radical (unpaired) electrons. The Bertz CT molecular complexity index is 1050. The Morgan fingerprint density at radius 2 is 1.32 bits per heavy atom. The quantitative estimate of drug-likeness (QED) is 0.597. The fourth-order valence-corrected chi connectivity index (χ4v) is 2.82. The number of fused-ring (bicyclic) bond motifs is 2. The standard InChI is InChI=1S/C20H16N4O/c25-18(24-17-10-2-6-15-8-4-12-22-20(15)17)13-23-16-9-1-5-14-7-3-11-21-19(14)16/h1-12,23H,13H2,(H,24,25). The first-order valence-corrected chi connectivity index (χ1v) is 8.02. The predicted molar refractivity (Wildman–Crippen MR) is 101 cm³/mol. The molecule has 5 heteroatoms. The molecule has 0 aliphatic rings. The second kappa shape index (κ2) is 6.57. The lowest BCUT2D eigenvalue weighted by Crippen LogP contribution is -2.22. The van der Waals surface area contributed by atoms with E-state index in [2.05, 4.69) is 20.6 Å². The number of hydrogen-bond acceptors (Lipinski definition) is 4. The molecule has 0 aliphatic carbocycles. The van der Waals surface area contributed by atoms with Gasteiger partial charge in [0, 0.05) is 23.2 Å². The Balaban J connectivity index is 1.50. The number of nitrogens with zero attached hydrogens (tertiary/aromatic N) is 2. The van der Waals surface area contributed by atoms with Crippen LogP contribution in [0.1, 0.15) is 0 Å². The van der Waals surface area contributed by atoms with E-state index >= 15 is 0 Å². The van der Waals surface area contributed by atoms with Gasteiger partial charge < -0.3 is 10.6 Å². The molecule has 0 fully saturated rings. The fraction of sp³-hybridized carbons (Fsp3) is 0.0500. The molecular formula is C20H16N4O. The minimum Gasteiger partial charge on any atom is -0.374 e. The maximum atomic E-state index is 12.3. The highest BCUT2D eigenvalue weighted by Crippen LogP contribution is 2.22. The number of nitrogens with one attached hydrogen (secondary N) is 2. The lowest BCUT2D eigenvalue weighted by molar-refractivity contribution is -0.114. The molecule has 2 N–H and O–H groups in total. The summed E-state index contributed by atoms with van der Waals surface area (Å²) in [5, 5.41) is 8.11. The molecular weight excluding hydrogens is 312 g/mol. The van der Waals surface area contributed by atoms with E-state index in [9.17, 15) is 4.79 Å². The summed E-state index contributed by atoms with van der Waals surface area (Å²) in [6, 6.07) is 19.3. The number of carbonyl (C=O) groups excluding carboxylic acids is 1. The van der Waals surface area contributed by atoms with Crippen LogP contribution in [-0.4, -0.2) is 22.4 Å². The molecule has 1 amide bonds. The van der Waals surface area contributed by atoms with Crippen molar-refractivity contribution in [2.45, 2.75) is 0 Å². The molecule has 122 valence electrons. The van der Waals surface area contributed by atoms with Crippen LogP contribution >= 0.6 is 0 Å². The van der Waals surface area contributed by atoms with Crippen LogP contribution in [0.2, 0.25) is 0 Å². The van der Waals surface area contributed by atoms with Crippen molar-refractivity contribution in [1.29, 1.82) is 0 Å². The largest absolute Gasteiger partial charge is 0.374 e. The Morgan fingerprint density at radius 1 is 0.760 bits per heavy atom. The van der Waals surface area contributed by atoms with Crippen molar-refractivity contribution >= 4 is 39.1 Å². The summed E-state index contributed by atoms with van der Waals surface area (Å²) in [4.78, 5) is 21.1. The van der Waals surface area contributed by atoms with E-state index in [1.165, 1.54) is 0 Å². The lowest BCUT2D eigenvalue weighted by atomic mass is 10.2. The van der Waals surface area contributed by atoms with Gasteiger partial charge in [0.15, 0.2) is 0 Å². The Morgan fingerprint density at radius 3 is 2.00 bits per heavy atom. The van der Waals surface area contributed by atoms with Crippen LogP contribution < -0.4 is 10.6 Å². The zero-order valence-corrected chi connectivity index (χ0v) is 13.4. The Kier molecular flexibility index (Phi) is 3.96. The molecule has 0 spiro atoms. The molecule has 4 aromatic rings. The van der Waals surface area contributed by atoms with Gasteiger partial charge in [0.2, 0.25) is 5.91 Å². The first-order valence-electron chi connectivity index (χ1n) is 8.02. The van der Waals surface area contributed by atoms with Crippen LogP contribution in [0.15, 0.2) is 73.1 Å². The van der Waals surface area contributed by atoms with Crippen LogP contribution in [-0.2, 0) is 4.79 Å². The van der Waals surface area contributed by atoms with Crippen molar-refractivity contribution in [1.82, 2.24) is 9.97 Å². The molecule has 25 heavy (non-hydrogen) atoms. The highest BCUT2D eigenvalue weighted by Gasteiger charge is 2.08. The average Bonchev–Trinajstić information content (AvgIpc) is 2.66. The zero-order valence-electron chi connectivity index (χ0n) is 13.4. The van der Waals surface area contributed by atoms with Gasteiger partial charge in [-0.15, -0.1) is 0 Å². The van der Waals surface area contributed by atoms with Gasteiger partial charge in [-0.1, -0.05) is 36.4 Å². The predicted octanol–water partition coefficient (Wildman–Crippen LogP) is 3.83. The maximum absolute atomic E-state index is 12.3. The highest BCUT2D eigenvalue weighted by molar-refractivity contribution is 6.02. The van der Waals surface area contributed by atoms with Gasteiger partial charge in [-0.05, 0) is 24.3 Å². The summed E-state index contributed by atoms with van der Waals surface area (Å²) in [7, 11) is 0. The van der Waals surface area contributed by atoms with Gasteiger partial charge in [-0.25, -0.2) is 0 Å². The van der Waals surface area contributed by atoms with Gasteiger partial charge in [0.1, 0.15) is 0 Å². The molecule has 2 aromatic heterocycles. The van der Waals surface area contributed by atoms with Crippen molar-refractivity contribution < 1.29 is 4.79 Å². The van der Waals surface area contributed by atoms with Crippen LogP contribution in [0, 0.1) is 0 Å². The van der Waals surface area contributed by atoms with Gasteiger partial charge >= 0.3 is 0 Å². The third-order valence-electron chi connectivity index (χ3n) is 3.98. The number of carbonyl (C=O) groups is 1. The van der Waals surface area contributed by atoms with Crippen molar-refractivity contribution in [3.05, 3.63) is 73.1 Å². The van der Waals surface area contributed by atoms with E-state index in [4.69, 9.17) is 0 Å². The van der Waals surface area contributed by atoms with Gasteiger partial charge in [0.25, 0.3) is 0 Å². The molecule has 5 nitrogen and oxygen atoms in total. The Labute approximate surface area is 144 Å². The lowest BCUT2D eigenvalue weighted by Gasteiger charge is -2.10. The number of anilines is 2. The van der Waals surface area contributed by atoms with Crippen molar-refractivity contribution in [3.8, 4) is 0 Å². The first kappa shape index (κ1) is 15.1. The van der Waals surface area contributed by atoms with Gasteiger partial charge in [-0.3, -0.25) is 14.8 Å². The summed E-state index contributed by atoms with van der Waals surface area (Å²) in [6.45, 7) is 0.152. The molecule has 0 saturated carbocycles. The minimum absolute atomic E-state index is 0.133. The van der Waals surface area contributed by atoms with E-state index in [-0.39, 0.29) is 12.5 Å². The van der Waals surface area contributed by atoms with E-state index in [0.29, 0.717) is 5.69 Å². The summed E-state index contributed by atoms with van der Waals surface area (Å²) in [5.74, 6) is -0.133. The van der Waals surface area contributed by atoms with Crippen molar-refractivity contribution in [2.75, 3.05) is 17.2 Å². The second-order valence-corrected chi connectivity index (χ2v) is 5.66.